The number of aliphatic carboxylic acids is 1. The van der Waals surface area contributed by atoms with Crippen molar-refractivity contribution in [3.05, 3.63) is 0 Å². The van der Waals surface area contributed by atoms with Gasteiger partial charge in [-0.3, -0.25) is 4.79 Å². The highest BCUT2D eigenvalue weighted by molar-refractivity contribution is 7.91. The van der Waals surface area contributed by atoms with Crippen LogP contribution in [0.4, 0.5) is 0 Å². The first-order chi connectivity index (χ1) is 8.37. The molecule has 2 N–H and O–H groups in total. The van der Waals surface area contributed by atoms with E-state index in [1.54, 1.807) is 0 Å². The largest absolute Gasteiger partial charge is 0.481 e. The Morgan fingerprint density at radius 2 is 1.89 bits per heavy atom. The summed E-state index contributed by atoms with van der Waals surface area (Å²) in [5, 5.41) is 11.6. The van der Waals surface area contributed by atoms with Crippen LogP contribution in [0.2, 0.25) is 0 Å². The maximum absolute atomic E-state index is 11.4. The van der Waals surface area contributed by atoms with Gasteiger partial charge in [0.2, 0.25) is 0 Å². The van der Waals surface area contributed by atoms with Crippen LogP contribution in [0.3, 0.4) is 0 Å². The number of rotatable bonds is 11. The van der Waals surface area contributed by atoms with E-state index in [9.17, 15) is 13.2 Å². The lowest BCUT2D eigenvalue weighted by molar-refractivity contribution is -0.137. The molecule has 18 heavy (non-hydrogen) atoms. The van der Waals surface area contributed by atoms with Crippen LogP contribution in [0.5, 0.6) is 0 Å². The van der Waals surface area contributed by atoms with Crippen molar-refractivity contribution in [2.75, 3.05) is 24.6 Å². The van der Waals surface area contributed by atoms with E-state index < -0.39 is 15.8 Å². The van der Waals surface area contributed by atoms with E-state index in [2.05, 4.69) is 5.32 Å². The molecule has 0 aliphatic rings. The van der Waals surface area contributed by atoms with Crippen molar-refractivity contribution in [3.63, 3.8) is 0 Å². The summed E-state index contributed by atoms with van der Waals surface area (Å²) in [7, 11) is -2.89. The highest BCUT2D eigenvalue weighted by atomic mass is 32.2. The monoisotopic (exact) mass is 279 g/mol. The Morgan fingerprint density at radius 3 is 2.44 bits per heavy atom. The van der Waals surface area contributed by atoms with Gasteiger partial charge in [0.15, 0.2) is 9.84 Å². The van der Waals surface area contributed by atoms with Gasteiger partial charge in [-0.2, -0.15) is 0 Å². The zero-order valence-corrected chi connectivity index (χ0v) is 12.1. The highest BCUT2D eigenvalue weighted by Crippen LogP contribution is 2.08. The van der Waals surface area contributed by atoms with E-state index in [0.29, 0.717) is 25.3 Å². The summed E-state index contributed by atoms with van der Waals surface area (Å²) in [6.07, 6.45) is 2.41. The molecule has 5 nitrogen and oxygen atoms in total. The Morgan fingerprint density at radius 1 is 1.22 bits per heavy atom. The lowest BCUT2D eigenvalue weighted by Gasteiger charge is -2.10. The van der Waals surface area contributed by atoms with Gasteiger partial charge < -0.3 is 10.4 Å². The molecule has 1 unspecified atom stereocenters. The van der Waals surface area contributed by atoms with Crippen LogP contribution in [-0.2, 0) is 14.6 Å². The number of hydrogen-bond donors (Lipinski definition) is 2. The van der Waals surface area contributed by atoms with E-state index >= 15 is 0 Å². The minimum atomic E-state index is -2.89. The summed E-state index contributed by atoms with van der Waals surface area (Å²) in [6.45, 7) is 5.09. The van der Waals surface area contributed by atoms with Crippen molar-refractivity contribution >= 4 is 15.8 Å². The lowest BCUT2D eigenvalue weighted by atomic mass is 10.0. The van der Waals surface area contributed by atoms with Crippen LogP contribution in [0.1, 0.15) is 39.5 Å². The molecule has 0 saturated heterocycles. The lowest BCUT2D eigenvalue weighted by Crippen LogP contribution is -2.26. The minimum Gasteiger partial charge on any atom is -0.481 e. The number of hydrogen-bond acceptors (Lipinski definition) is 4. The van der Waals surface area contributed by atoms with Gasteiger partial charge in [0, 0.05) is 18.7 Å². The van der Waals surface area contributed by atoms with E-state index in [4.69, 9.17) is 5.11 Å². The maximum Gasteiger partial charge on any atom is 0.303 e. The zero-order valence-electron chi connectivity index (χ0n) is 11.3. The Labute approximate surface area is 110 Å². The molecule has 1 atom stereocenters. The molecule has 0 aliphatic heterocycles. The second kappa shape index (κ2) is 9.33. The molecule has 0 fully saturated rings. The fourth-order valence-electron chi connectivity index (χ4n) is 1.63. The van der Waals surface area contributed by atoms with E-state index in [-0.39, 0.29) is 17.9 Å². The molecule has 0 bridgehead atoms. The Hall–Kier alpha value is -0.620. The van der Waals surface area contributed by atoms with Gasteiger partial charge >= 0.3 is 5.97 Å². The molecule has 108 valence electrons. The number of nitrogens with one attached hydrogen (secondary N) is 1. The number of carbonyl (C=O) groups is 1. The summed E-state index contributed by atoms with van der Waals surface area (Å²) < 4.78 is 22.8. The molecule has 0 rings (SSSR count). The molecule has 0 aromatic carbocycles. The summed E-state index contributed by atoms with van der Waals surface area (Å²) in [5.74, 6) is 0.0231. The first-order valence-corrected chi connectivity index (χ1v) is 8.32. The summed E-state index contributed by atoms with van der Waals surface area (Å²) in [6, 6.07) is 0. The van der Waals surface area contributed by atoms with Crippen molar-refractivity contribution in [1.29, 1.82) is 0 Å². The van der Waals surface area contributed by atoms with E-state index in [1.807, 2.05) is 13.8 Å². The first-order valence-electron chi connectivity index (χ1n) is 6.50. The molecule has 0 saturated carbocycles. The van der Waals surface area contributed by atoms with Crippen LogP contribution in [0.15, 0.2) is 0 Å². The fraction of sp³-hybridized carbons (Fsp3) is 0.917. The molecule has 0 radical (unpaired) electrons. The maximum atomic E-state index is 11.4. The molecule has 0 spiro atoms. The Bertz CT molecular complexity index is 327. The average Bonchev–Trinajstić information content (AvgIpc) is 2.25. The predicted octanol–water partition coefficient (Wildman–Crippen LogP) is 1.29. The third kappa shape index (κ3) is 10.5. The highest BCUT2D eigenvalue weighted by Gasteiger charge is 2.09. The second-order valence-corrected chi connectivity index (χ2v) is 7.03. The second-order valence-electron chi connectivity index (χ2n) is 4.73. The first kappa shape index (κ1) is 17.4. The van der Waals surface area contributed by atoms with Crippen LogP contribution >= 0.6 is 0 Å². The minimum absolute atomic E-state index is 0.185. The average molecular weight is 279 g/mol. The number of sulfone groups is 1. The number of carboxylic acid groups (broad SMARTS) is 1. The van der Waals surface area contributed by atoms with Gasteiger partial charge in [-0.05, 0) is 31.7 Å². The van der Waals surface area contributed by atoms with E-state index in [0.717, 1.165) is 13.0 Å². The molecule has 6 heteroatoms. The molecule has 0 heterocycles. The van der Waals surface area contributed by atoms with Gasteiger partial charge in [0.1, 0.15) is 0 Å². The van der Waals surface area contributed by atoms with Crippen LogP contribution in [0.25, 0.3) is 0 Å². The molecular weight excluding hydrogens is 254 g/mol. The molecular formula is C12H25NO4S. The van der Waals surface area contributed by atoms with Crippen molar-refractivity contribution in [2.24, 2.45) is 5.92 Å². The van der Waals surface area contributed by atoms with Gasteiger partial charge in [0.25, 0.3) is 0 Å². The molecule has 0 amide bonds. The fourth-order valence-corrected chi connectivity index (χ4v) is 2.91. The van der Waals surface area contributed by atoms with Crippen LogP contribution < -0.4 is 5.32 Å². The summed E-state index contributed by atoms with van der Waals surface area (Å²) >= 11 is 0. The Balaban J connectivity index is 3.53. The predicted molar refractivity (Wildman–Crippen MR) is 72.5 cm³/mol. The van der Waals surface area contributed by atoms with Crippen LogP contribution in [0, 0.1) is 5.92 Å². The molecule has 0 aromatic heterocycles. The normalized spacial score (nSPS) is 13.4. The van der Waals surface area contributed by atoms with Crippen molar-refractivity contribution in [1.82, 2.24) is 5.32 Å². The smallest absolute Gasteiger partial charge is 0.303 e. The SMILES string of the molecule is CCCS(=O)(=O)CCNCCC(C)CCC(=O)O. The van der Waals surface area contributed by atoms with Gasteiger partial charge in [-0.25, -0.2) is 8.42 Å². The van der Waals surface area contributed by atoms with E-state index in [1.165, 1.54) is 0 Å². The van der Waals surface area contributed by atoms with Crippen LogP contribution in [-0.4, -0.2) is 44.1 Å². The third-order valence-electron chi connectivity index (χ3n) is 2.77. The third-order valence-corrected chi connectivity index (χ3v) is 4.63. The summed E-state index contributed by atoms with van der Waals surface area (Å²) in [5.41, 5.74) is 0. The standard InChI is InChI=1S/C12H25NO4S/c1-3-9-18(16,17)10-8-13-7-6-11(2)4-5-12(14)15/h11,13H,3-10H2,1-2H3,(H,14,15). The zero-order chi connectivity index (χ0) is 14.0. The van der Waals surface area contributed by atoms with Crippen molar-refractivity contribution in [3.8, 4) is 0 Å². The Kier molecular flexibility index (Phi) is 9.01. The number of carboxylic acids is 1. The van der Waals surface area contributed by atoms with Gasteiger partial charge in [-0.1, -0.05) is 13.8 Å². The van der Waals surface area contributed by atoms with Gasteiger partial charge in [-0.15, -0.1) is 0 Å². The van der Waals surface area contributed by atoms with Gasteiger partial charge in [0.05, 0.1) is 5.75 Å². The van der Waals surface area contributed by atoms with Crippen molar-refractivity contribution < 1.29 is 18.3 Å². The quantitative estimate of drug-likeness (QED) is 0.557. The van der Waals surface area contributed by atoms with Crippen molar-refractivity contribution in [2.45, 2.75) is 39.5 Å². The topological polar surface area (TPSA) is 83.5 Å². The summed E-state index contributed by atoms with van der Waals surface area (Å²) in [4.78, 5) is 10.4. The molecule has 0 aromatic rings. The molecule has 0 aliphatic carbocycles.